The van der Waals surface area contributed by atoms with Gasteiger partial charge in [-0.15, -0.1) is 11.3 Å². The van der Waals surface area contributed by atoms with Crippen molar-refractivity contribution in [2.24, 2.45) is 0 Å². The van der Waals surface area contributed by atoms with Gasteiger partial charge in [0.25, 0.3) is 0 Å². The Morgan fingerprint density at radius 1 is 1.44 bits per heavy atom. The van der Waals surface area contributed by atoms with Crippen molar-refractivity contribution in [2.45, 2.75) is 6.92 Å². The lowest BCUT2D eigenvalue weighted by Gasteiger charge is -2.05. The number of hydrogen-bond acceptors (Lipinski definition) is 4. The first kappa shape index (κ1) is 11.4. The normalized spacial score (nSPS) is 10.4. The molecular weight excluding hydrogens is 288 g/mol. The Morgan fingerprint density at radius 3 is 2.69 bits per heavy atom. The van der Waals surface area contributed by atoms with Crippen LogP contribution in [0.3, 0.4) is 0 Å². The van der Waals surface area contributed by atoms with Gasteiger partial charge >= 0.3 is 0 Å². The summed E-state index contributed by atoms with van der Waals surface area (Å²) in [6.45, 7) is 2.01. The van der Waals surface area contributed by atoms with Crippen LogP contribution in [0.5, 0.6) is 5.75 Å². The molecular formula is C11H11BrN2OS. The Morgan fingerprint density at radius 2 is 2.19 bits per heavy atom. The molecule has 0 aliphatic heterocycles. The summed E-state index contributed by atoms with van der Waals surface area (Å²) in [6.07, 6.45) is 0. The van der Waals surface area contributed by atoms with Crippen LogP contribution in [0, 0.1) is 6.92 Å². The maximum absolute atomic E-state index is 5.70. The zero-order valence-corrected chi connectivity index (χ0v) is 11.4. The van der Waals surface area contributed by atoms with Gasteiger partial charge in [-0.3, -0.25) is 0 Å². The summed E-state index contributed by atoms with van der Waals surface area (Å²) in [7, 11) is 1.67. The van der Waals surface area contributed by atoms with Crippen molar-refractivity contribution in [3.8, 4) is 16.3 Å². The summed E-state index contributed by atoms with van der Waals surface area (Å²) in [6, 6.07) is 5.97. The van der Waals surface area contributed by atoms with Gasteiger partial charge in [0.15, 0.2) is 0 Å². The molecule has 2 N–H and O–H groups in total. The summed E-state index contributed by atoms with van der Waals surface area (Å²) in [5.41, 5.74) is 7.84. The smallest absolute Gasteiger partial charge is 0.149 e. The quantitative estimate of drug-likeness (QED) is 0.923. The summed E-state index contributed by atoms with van der Waals surface area (Å²) in [4.78, 5) is 4.29. The van der Waals surface area contributed by atoms with E-state index in [9.17, 15) is 0 Å². The maximum atomic E-state index is 5.70. The molecule has 1 heterocycles. The van der Waals surface area contributed by atoms with Gasteiger partial charge in [-0.05, 0) is 46.6 Å². The highest BCUT2D eigenvalue weighted by molar-refractivity contribution is 9.11. The molecule has 3 nitrogen and oxygen atoms in total. The van der Waals surface area contributed by atoms with E-state index in [0.29, 0.717) is 5.82 Å². The van der Waals surface area contributed by atoms with Gasteiger partial charge in [0.05, 0.1) is 7.11 Å². The molecule has 2 rings (SSSR count). The van der Waals surface area contributed by atoms with Crippen molar-refractivity contribution in [3.05, 3.63) is 27.5 Å². The molecule has 0 fully saturated rings. The van der Waals surface area contributed by atoms with Crippen LogP contribution in [0.4, 0.5) is 5.82 Å². The van der Waals surface area contributed by atoms with Gasteiger partial charge in [-0.2, -0.15) is 0 Å². The van der Waals surface area contributed by atoms with Gasteiger partial charge in [0.2, 0.25) is 0 Å². The van der Waals surface area contributed by atoms with Crippen molar-refractivity contribution in [1.82, 2.24) is 4.98 Å². The number of hydrogen-bond donors (Lipinski definition) is 1. The molecule has 84 valence electrons. The first-order valence-corrected chi connectivity index (χ1v) is 6.29. The number of thiazole rings is 1. The van der Waals surface area contributed by atoms with E-state index in [4.69, 9.17) is 10.5 Å². The van der Waals surface area contributed by atoms with Crippen molar-refractivity contribution in [2.75, 3.05) is 12.8 Å². The number of halogens is 1. The Balaban J connectivity index is 2.45. The van der Waals surface area contributed by atoms with Crippen LogP contribution >= 0.6 is 27.3 Å². The molecule has 0 aliphatic rings. The van der Waals surface area contributed by atoms with Crippen LogP contribution in [0.1, 0.15) is 5.56 Å². The second kappa shape index (κ2) is 4.43. The number of nitrogens with two attached hydrogens (primary N) is 1. The SMILES string of the molecule is COc1ccc(-c2nc(N)c(Br)s2)cc1C. The number of methoxy groups -OCH3 is 1. The van der Waals surface area contributed by atoms with Gasteiger partial charge in [0, 0.05) is 5.56 Å². The van der Waals surface area contributed by atoms with Crippen LogP contribution in [0.2, 0.25) is 0 Å². The Bertz CT molecular complexity index is 505. The monoisotopic (exact) mass is 298 g/mol. The fourth-order valence-corrected chi connectivity index (χ4v) is 2.71. The number of benzene rings is 1. The van der Waals surface area contributed by atoms with Crippen molar-refractivity contribution >= 4 is 33.1 Å². The highest BCUT2D eigenvalue weighted by Crippen LogP contribution is 2.34. The third-order valence-electron chi connectivity index (χ3n) is 2.25. The minimum absolute atomic E-state index is 0.536. The molecule has 0 aliphatic carbocycles. The van der Waals surface area contributed by atoms with E-state index >= 15 is 0 Å². The number of nitrogens with zero attached hydrogens (tertiary/aromatic N) is 1. The van der Waals surface area contributed by atoms with Crippen LogP contribution in [-0.4, -0.2) is 12.1 Å². The average molecular weight is 299 g/mol. The second-order valence-corrected chi connectivity index (χ2v) is 5.68. The zero-order valence-electron chi connectivity index (χ0n) is 8.95. The predicted molar refractivity (Wildman–Crippen MR) is 71.0 cm³/mol. The Kier molecular flexibility index (Phi) is 3.16. The summed E-state index contributed by atoms with van der Waals surface area (Å²) < 4.78 is 6.09. The molecule has 5 heteroatoms. The fourth-order valence-electron chi connectivity index (χ4n) is 1.45. The van der Waals surface area contributed by atoms with E-state index in [2.05, 4.69) is 20.9 Å². The van der Waals surface area contributed by atoms with E-state index in [1.165, 1.54) is 11.3 Å². The van der Waals surface area contributed by atoms with E-state index in [0.717, 1.165) is 25.7 Å². The van der Waals surface area contributed by atoms with E-state index < -0.39 is 0 Å². The first-order chi connectivity index (χ1) is 7.61. The number of anilines is 1. The number of ether oxygens (including phenoxy) is 1. The second-order valence-electron chi connectivity index (χ2n) is 3.36. The lowest BCUT2D eigenvalue weighted by molar-refractivity contribution is 0.412. The average Bonchev–Trinajstić information content (AvgIpc) is 2.59. The summed E-state index contributed by atoms with van der Waals surface area (Å²) in [5.74, 6) is 1.42. The molecule has 1 aromatic carbocycles. The van der Waals surface area contributed by atoms with Crippen LogP contribution in [0.25, 0.3) is 10.6 Å². The lowest BCUT2D eigenvalue weighted by Crippen LogP contribution is -1.88. The molecule has 0 spiro atoms. The number of rotatable bonds is 2. The van der Waals surface area contributed by atoms with Gasteiger partial charge in [-0.25, -0.2) is 4.98 Å². The summed E-state index contributed by atoms with van der Waals surface area (Å²) >= 11 is 4.90. The van der Waals surface area contributed by atoms with Crippen molar-refractivity contribution < 1.29 is 4.74 Å². The van der Waals surface area contributed by atoms with Gasteiger partial charge < -0.3 is 10.5 Å². The number of nitrogen functional groups attached to an aromatic ring is 1. The summed E-state index contributed by atoms with van der Waals surface area (Å²) in [5, 5.41) is 0.912. The van der Waals surface area contributed by atoms with Gasteiger partial charge in [0.1, 0.15) is 20.4 Å². The molecule has 0 unspecified atom stereocenters. The van der Waals surface area contributed by atoms with E-state index in [1.54, 1.807) is 7.11 Å². The van der Waals surface area contributed by atoms with E-state index in [-0.39, 0.29) is 0 Å². The molecule has 0 amide bonds. The topological polar surface area (TPSA) is 48.1 Å². The molecule has 2 aromatic rings. The molecule has 1 aromatic heterocycles. The van der Waals surface area contributed by atoms with Crippen LogP contribution < -0.4 is 10.5 Å². The number of aromatic nitrogens is 1. The molecule has 0 saturated carbocycles. The lowest BCUT2D eigenvalue weighted by atomic mass is 10.1. The van der Waals surface area contributed by atoms with Gasteiger partial charge in [-0.1, -0.05) is 0 Å². The fraction of sp³-hybridized carbons (Fsp3) is 0.182. The number of aryl methyl sites for hydroxylation is 1. The largest absolute Gasteiger partial charge is 0.496 e. The van der Waals surface area contributed by atoms with Crippen molar-refractivity contribution in [3.63, 3.8) is 0 Å². The molecule has 0 radical (unpaired) electrons. The molecule has 0 saturated heterocycles. The zero-order chi connectivity index (χ0) is 11.7. The van der Waals surface area contributed by atoms with E-state index in [1.807, 2.05) is 25.1 Å². The standard InChI is InChI=1S/C11H11BrN2OS/c1-6-5-7(3-4-8(6)15-2)11-14-10(13)9(12)16-11/h3-5H,13H2,1-2H3. The predicted octanol–water partition coefficient (Wildman–Crippen LogP) is 3.47. The first-order valence-electron chi connectivity index (χ1n) is 4.68. The third-order valence-corrected chi connectivity index (χ3v) is 4.05. The maximum Gasteiger partial charge on any atom is 0.149 e. The third kappa shape index (κ3) is 2.05. The minimum Gasteiger partial charge on any atom is -0.496 e. The highest BCUT2D eigenvalue weighted by atomic mass is 79.9. The molecule has 16 heavy (non-hydrogen) atoms. The minimum atomic E-state index is 0.536. The van der Waals surface area contributed by atoms with Crippen LogP contribution in [-0.2, 0) is 0 Å². The molecule has 0 bridgehead atoms. The Labute approximate surface area is 106 Å². The van der Waals surface area contributed by atoms with Crippen molar-refractivity contribution in [1.29, 1.82) is 0 Å². The molecule has 0 atom stereocenters. The highest BCUT2D eigenvalue weighted by Gasteiger charge is 2.09. The van der Waals surface area contributed by atoms with Crippen LogP contribution in [0.15, 0.2) is 22.0 Å². The Hall–Kier alpha value is -1.07.